The van der Waals surface area contributed by atoms with Crippen molar-refractivity contribution in [1.29, 1.82) is 0 Å². The van der Waals surface area contributed by atoms with Gasteiger partial charge in [-0.1, -0.05) is 6.57 Å². The first-order valence-corrected chi connectivity index (χ1v) is 2.31. The molecule has 0 aliphatic heterocycles. The number of H-pyrrole nitrogens is 1. The van der Waals surface area contributed by atoms with Crippen molar-refractivity contribution in [1.82, 2.24) is 10.2 Å². The molecular formula is C4H2N4O2. The summed E-state index contributed by atoms with van der Waals surface area (Å²) in [6.07, 6.45) is 1.01. The molecule has 1 N–H and O–H groups in total. The van der Waals surface area contributed by atoms with Crippen LogP contribution in [0, 0.1) is 16.7 Å². The Balaban J connectivity index is 3.17. The second-order valence-electron chi connectivity index (χ2n) is 1.47. The molecule has 1 aromatic heterocycles. The molecule has 1 rings (SSSR count). The lowest BCUT2D eigenvalue weighted by Crippen LogP contribution is -1.83. The molecule has 0 aliphatic carbocycles. The summed E-state index contributed by atoms with van der Waals surface area (Å²) in [5.74, 6) is -0.134. The summed E-state index contributed by atoms with van der Waals surface area (Å²) in [6.45, 7) is 6.44. The molecule has 0 aromatic carbocycles. The lowest BCUT2D eigenvalue weighted by Gasteiger charge is -1.82. The fourth-order valence-corrected chi connectivity index (χ4v) is 0.489. The molecule has 0 saturated carbocycles. The first-order chi connectivity index (χ1) is 4.75. The van der Waals surface area contributed by atoms with Crippen LogP contribution in [-0.2, 0) is 0 Å². The molecule has 0 amide bonds. The normalized spacial score (nSPS) is 8.70. The summed E-state index contributed by atoms with van der Waals surface area (Å²) in [5, 5.41) is 15.6. The van der Waals surface area contributed by atoms with Crippen LogP contribution in [0.2, 0.25) is 0 Å². The number of hydrogen-bond acceptors (Lipinski definition) is 3. The molecule has 50 valence electrons. The molecule has 1 heterocycles. The highest BCUT2D eigenvalue weighted by molar-refractivity contribution is 5.54. The van der Waals surface area contributed by atoms with Gasteiger partial charge >= 0.3 is 11.5 Å². The maximum absolute atomic E-state index is 10.0. The topological polar surface area (TPSA) is 76.2 Å². The Morgan fingerprint density at radius 1 is 1.90 bits per heavy atom. The second kappa shape index (κ2) is 2.14. The average Bonchev–Trinajstić information content (AvgIpc) is 2.33. The van der Waals surface area contributed by atoms with Crippen molar-refractivity contribution in [3.05, 3.63) is 27.7 Å². The van der Waals surface area contributed by atoms with Gasteiger partial charge in [0.2, 0.25) is 0 Å². The van der Waals surface area contributed by atoms with E-state index >= 15 is 0 Å². The van der Waals surface area contributed by atoms with Crippen molar-refractivity contribution in [2.24, 2.45) is 0 Å². The van der Waals surface area contributed by atoms with Gasteiger partial charge in [0.15, 0.2) is 0 Å². The van der Waals surface area contributed by atoms with E-state index in [1.165, 1.54) is 0 Å². The van der Waals surface area contributed by atoms with Crippen LogP contribution >= 0.6 is 0 Å². The maximum atomic E-state index is 10.0. The Morgan fingerprint density at radius 3 is 3.00 bits per heavy atom. The quantitative estimate of drug-likeness (QED) is 0.355. The maximum Gasteiger partial charge on any atom is 0.328 e. The second-order valence-corrected chi connectivity index (χ2v) is 1.47. The standard InChI is InChI=1S/C4H2N4O2/c1-5-4-3(8(9)10)2-6-7-4/h2H,(H,6,7). The average molecular weight is 138 g/mol. The zero-order chi connectivity index (χ0) is 7.56. The van der Waals surface area contributed by atoms with E-state index < -0.39 is 4.92 Å². The van der Waals surface area contributed by atoms with E-state index in [1.807, 2.05) is 0 Å². The first kappa shape index (κ1) is 6.22. The Kier molecular flexibility index (Phi) is 1.33. The predicted octanol–water partition coefficient (Wildman–Crippen LogP) is 0.869. The fraction of sp³-hybridized carbons (Fsp3) is 0. The molecule has 10 heavy (non-hydrogen) atoms. The number of nitro groups is 1. The van der Waals surface area contributed by atoms with E-state index in [-0.39, 0.29) is 11.5 Å². The highest BCUT2D eigenvalue weighted by Crippen LogP contribution is 2.22. The monoisotopic (exact) mass is 138 g/mol. The number of aromatic amines is 1. The summed E-state index contributed by atoms with van der Waals surface area (Å²) < 4.78 is 0. The minimum absolute atomic E-state index is 0.134. The van der Waals surface area contributed by atoms with Crippen LogP contribution in [0.15, 0.2) is 6.20 Å². The molecule has 0 unspecified atom stereocenters. The molecule has 1 aromatic rings. The smallest absolute Gasteiger partial charge is 0.328 e. The Hall–Kier alpha value is -1.90. The predicted molar refractivity (Wildman–Crippen MR) is 31.5 cm³/mol. The van der Waals surface area contributed by atoms with Gasteiger partial charge in [-0.3, -0.25) is 10.1 Å². The third-order valence-corrected chi connectivity index (χ3v) is 0.908. The molecule has 0 radical (unpaired) electrons. The van der Waals surface area contributed by atoms with Gasteiger partial charge in [-0.2, -0.15) is 0 Å². The van der Waals surface area contributed by atoms with Gasteiger partial charge in [-0.05, 0) is 0 Å². The first-order valence-electron chi connectivity index (χ1n) is 2.31. The van der Waals surface area contributed by atoms with Crippen LogP contribution in [0.3, 0.4) is 0 Å². The van der Waals surface area contributed by atoms with Gasteiger partial charge in [0, 0.05) is 0 Å². The molecule has 6 nitrogen and oxygen atoms in total. The van der Waals surface area contributed by atoms with Crippen molar-refractivity contribution >= 4 is 11.5 Å². The lowest BCUT2D eigenvalue weighted by molar-refractivity contribution is -0.383. The van der Waals surface area contributed by atoms with E-state index in [1.54, 1.807) is 0 Å². The molecule has 0 aliphatic rings. The molecule has 0 spiro atoms. The Labute approximate surface area is 55.4 Å². The van der Waals surface area contributed by atoms with Crippen LogP contribution in [0.4, 0.5) is 11.5 Å². The highest BCUT2D eigenvalue weighted by Gasteiger charge is 2.14. The van der Waals surface area contributed by atoms with E-state index in [2.05, 4.69) is 15.0 Å². The van der Waals surface area contributed by atoms with Gasteiger partial charge in [0.1, 0.15) is 6.20 Å². The molecule has 0 saturated heterocycles. The number of aromatic nitrogens is 2. The number of nitrogens with one attached hydrogen (secondary N) is 1. The largest absolute Gasteiger partial charge is 0.357 e. The summed E-state index contributed by atoms with van der Waals surface area (Å²) in [4.78, 5) is 12.2. The summed E-state index contributed by atoms with van der Waals surface area (Å²) in [5.41, 5.74) is -0.282. The minimum Gasteiger partial charge on any atom is -0.357 e. The van der Waals surface area contributed by atoms with Crippen LogP contribution in [0.25, 0.3) is 4.85 Å². The molecule has 0 atom stereocenters. The molecular weight excluding hydrogens is 136 g/mol. The molecule has 6 heteroatoms. The van der Waals surface area contributed by atoms with E-state index in [9.17, 15) is 10.1 Å². The van der Waals surface area contributed by atoms with Gasteiger partial charge < -0.3 is 4.85 Å². The van der Waals surface area contributed by atoms with Crippen molar-refractivity contribution < 1.29 is 4.92 Å². The Bertz CT molecular complexity index is 296. The molecule has 0 fully saturated rings. The van der Waals surface area contributed by atoms with Gasteiger partial charge in [0.05, 0.1) is 4.92 Å². The third-order valence-electron chi connectivity index (χ3n) is 0.908. The van der Waals surface area contributed by atoms with Crippen molar-refractivity contribution in [2.75, 3.05) is 0 Å². The van der Waals surface area contributed by atoms with Crippen molar-refractivity contribution in [3.8, 4) is 0 Å². The van der Waals surface area contributed by atoms with E-state index in [0.717, 1.165) is 6.20 Å². The number of hydrogen-bond donors (Lipinski definition) is 1. The summed E-state index contributed by atoms with van der Waals surface area (Å²) in [7, 11) is 0. The number of rotatable bonds is 1. The zero-order valence-electron chi connectivity index (χ0n) is 4.74. The minimum atomic E-state index is -0.656. The van der Waals surface area contributed by atoms with Gasteiger partial charge in [-0.25, -0.2) is 5.10 Å². The zero-order valence-corrected chi connectivity index (χ0v) is 4.74. The highest BCUT2D eigenvalue weighted by atomic mass is 16.6. The van der Waals surface area contributed by atoms with E-state index in [4.69, 9.17) is 6.57 Å². The van der Waals surface area contributed by atoms with Gasteiger partial charge in [-0.15, -0.1) is 5.10 Å². The van der Waals surface area contributed by atoms with Gasteiger partial charge in [0.25, 0.3) is 0 Å². The van der Waals surface area contributed by atoms with Crippen molar-refractivity contribution in [3.63, 3.8) is 0 Å². The molecule has 0 bridgehead atoms. The van der Waals surface area contributed by atoms with Crippen LogP contribution in [0.1, 0.15) is 0 Å². The summed E-state index contributed by atoms with van der Waals surface area (Å²) in [6, 6.07) is 0. The number of nitrogens with zero attached hydrogens (tertiary/aromatic N) is 3. The lowest BCUT2D eigenvalue weighted by atomic mass is 10.5. The summed E-state index contributed by atoms with van der Waals surface area (Å²) >= 11 is 0. The van der Waals surface area contributed by atoms with Crippen molar-refractivity contribution in [2.45, 2.75) is 0 Å². The van der Waals surface area contributed by atoms with Crippen LogP contribution in [0.5, 0.6) is 0 Å². The Morgan fingerprint density at radius 2 is 2.60 bits per heavy atom. The van der Waals surface area contributed by atoms with Crippen LogP contribution in [-0.4, -0.2) is 15.1 Å². The third kappa shape index (κ3) is 0.798. The van der Waals surface area contributed by atoms with Crippen LogP contribution < -0.4 is 0 Å². The fourth-order valence-electron chi connectivity index (χ4n) is 0.489. The van der Waals surface area contributed by atoms with E-state index in [0.29, 0.717) is 0 Å². The SMILES string of the molecule is [C-]#[N+]c1[nH]ncc1[N+](=O)[O-].